The van der Waals surface area contributed by atoms with Crippen LogP contribution < -0.4 is 0 Å². The summed E-state index contributed by atoms with van der Waals surface area (Å²) in [6.45, 7) is 15.9. The van der Waals surface area contributed by atoms with Crippen molar-refractivity contribution in [3.8, 4) is 0 Å². The maximum absolute atomic E-state index is 10.3. The van der Waals surface area contributed by atoms with E-state index in [1.807, 2.05) is 41.5 Å². The van der Waals surface area contributed by atoms with Gasteiger partial charge in [-0.2, -0.15) is 0 Å². The Morgan fingerprint density at radius 2 is 1.43 bits per heavy atom. The quantitative estimate of drug-likeness (QED) is 0.518. The van der Waals surface area contributed by atoms with Crippen LogP contribution in [0.25, 0.3) is 0 Å². The molecule has 1 atom stereocenters. The topological polar surface area (TPSA) is 55.8 Å². The van der Waals surface area contributed by atoms with Crippen molar-refractivity contribution in [2.24, 2.45) is 5.92 Å². The molecule has 21 heavy (non-hydrogen) atoms. The molecule has 0 heterocycles. The zero-order valence-corrected chi connectivity index (χ0v) is 15.3. The predicted octanol–water partition coefficient (Wildman–Crippen LogP) is 5.21. The molecular formula is C17H36O4. The normalized spacial score (nSPS) is 13.3. The molecule has 0 rings (SSSR count). The van der Waals surface area contributed by atoms with E-state index < -0.39 is 5.97 Å². The Kier molecular flexibility index (Phi) is 11.9. The third-order valence-electron chi connectivity index (χ3n) is 2.55. The van der Waals surface area contributed by atoms with E-state index in [4.69, 9.17) is 14.9 Å². The Labute approximate surface area is 131 Å². The lowest BCUT2D eigenvalue weighted by Crippen LogP contribution is -2.27. The number of carboxylic acid groups (broad SMARTS) is 1. The minimum Gasteiger partial charge on any atom is -0.481 e. The van der Waals surface area contributed by atoms with E-state index in [-0.39, 0.29) is 11.2 Å². The fourth-order valence-corrected chi connectivity index (χ4v) is 1.44. The molecule has 4 heteroatoms. The van der Waals surface area contributed by atoms with Gasteiger partial charge in [-0.25, -0.2) is 9.78 Å². The molecule has 0 aliphatic rings. The van der Waals surface area contributed by atoms with Crippen molar-refractivity contribution in [3.05, 3.63) is 0 Å². The molecule has 1 unspecified atom stereocenters. The average Bonchev–Trinajstić information content (AvgIpc) is 2.31. The van der Waals surface area contributed by atoms with Crippen LogP contribution in [0.5, 0.6) is 0 Å². The summed E-state index contributed by atoms with van der Waals surface area (Å²) >= 11 is 0. The van der Waals surface area contributed by atoms with E-state index in [0.29, 0.717) is 12.3 Å². The predicted molar refractivity (Wildman–Crippen MR) is 87.2 cm³/mol. The van der Waals surface area contributed by atoms with Crippen LogP contribution in [-0.2, 0) is 14.6 Å². The minimum absolute atomic E-state index is 0.215. The first-order chi connectivity index (χ1) is 9.41. The smallest absolute Gasteiger partial charge is 0.303 e. The highest BCUT2D eigenvalue weighted by Gasteiger charge is 2.18. The van der Waals surface area contributed by atoms with Crippen molar-refractivity contribution >= 4 is 5.97 Å². The van der Waals surface area contributed by atoms with E-state index in [9.17, 15) is 4.79 Å². The van der Waals surface area contributed by atoms with E-state index in [0.717, 1.165) is 25.7 Å². The van der Waals surface area contributed by atoms with E-state index in [2.05, 4.69) is 13.8 Å². The van der Waals surface area contributed by atoms with Gasteiger partial charge in [0.15, 0.2) is 0 Å². The zero-order chi connectivity index (χ0) is 17.1. The highest BCUT2D eigenvalue weighted by molar-refractivity contribution is 5.66. The lowest BCUT2D eigenvalue weighted by Gasteiger charge is -2.24. The Hall–Kier alpha value is -0.610. The molecule has 0 bridgehead atoms. The highest BCUT2D eigenvalue weighted by Crippen LogP contribution is 2.16. The lowest BCUT2D eigenvalue weighted by atomic mass is 9.96. The molecular weight excluding hydrogens is 268 g/mol. The number of hydrogen-bond donors (Lipinski definition) is 1. The second-order valence-corrected chi connectivity index (χ2v) is 7.41. The van der Waals surface area contributed by atoms with Gasteiger partial charge in [-0.15, -0.1) is 0 Å². The van der Waals surface area contributed by atoms with Gasteiger partial charge < -0.3 is 5.11 Å². The summed E-state index contributed by atoms with van der Waals surface area (Å²) in [4.78, 5) is 20.5. The fourth-order valence-electron chi connectivity index (χ4n) is 1.44. The Bertz CT molecular complexity index is 247. The number of unbranched alkanes of at least 4 members (excludes halogenated alkanes) is 1. The molecule has 0 aromatic rings. The summed E-state index contributed by atoms with van der Waals surface area (Å²) in [5.74, 6) is -0.264. The van der Waals surface area contributed by atoms with Crippen LogP contribution in [0.3, 0.4) is 0 Å². The Balaban J connectivity index is 0. The molecule has 4 nitrogen and oxygen atoms in total. The van der Waals surface area contributed by atoms with Crippen LogP contribution in [0.15, 0.2) is 0 Å². The summed E-state index contributed by atoms with van der Waals surface area (Å²) < 4.78 is 0. The van der Waals surface area contributed by atoms with Crippen molar-refractivity contribution in [2.75, 3.05) is 0 Å². The van der Waals surface area contributed by atoms with Crippen LogP contribution in [0.2, 0.25) is 0 Å². The largest absolute Gasteiger partial charge is 0.481 e. The average molecular weight is 304 g/mol. The maximum Gasteiger partial charge on any atom is 0.303 e. The zero-order valence-electron chi connectivity index (χ0n) is 15.3. The van der Waals surface area contributed by atoms with Crippen molar-refractivity contribution in [3.63, 3.8) is 0 Å². The fraction of sp³-hybridized carbons (Fsp3) is 0.941. The highest BCUT2D eigenvalue weighted by atomic mass is 17.2. The third-order valence-corrected chi connectivity index (χ3v) is 2.55. The summed E-state index contributed by atoms with van der Waals surface area (Å²) in [6.07, 6.45) is 4.73. The molecule has 0 saturated heterocycles. The summed E-state index contributed by atoms with van der Waals surface area (Å²) in [5.41, 5.74) is -0.430. The number of rotatable bonds is 7. The molecule has 0 radical (unpaired) electrons. The van der Waals surface area contributed by atoms with Gasteiger partial charge in [0.2, 0.25) is 0 Å². The SMILES string of the molecule is CC(C)(C)OOC(C)(C)C.CCCCC(CC)CC(=O)O. The number of hydrogen-bond acceptors (Lipinski definition) is 3. The van der Waals surface area contributed by atoms with E-state index in [1.54, 1.807) is 0 Å². The summed E-state index contributed by atoms with van der Waals surface area (Å²) in [7, 11) is 0. The van der Waals surface area contributed by atoms with Gasteiger partial charge in [0.25, 0.3) is 0 Å². The molecule has 0 spiro atoms. The van der Waals surface area contributed by atoms with Crippen molar-refractivity contribution in [1.29, 1.82) is 0 Å². The van der Waals surface area contributed by atoms with Gasteiger partial charge in [0.05, 0.1) is 11.2 Å². The number of carbonyl (C=O) groups is 1. The molecule has 0 saturated carbocycles. The molecule has 0 aliphatic heterocycles. The number of carboxylic acids is 1. The molecule has 1 N–H and O–H groups in total. The second-order valence-electron chi connectivity index (χ2n) is 7.41. The minimum atomic E-state index is -0.659. The van der Waals surface area contributed by atoms with Crippen LogP contribution >= 0.6 is 0 Å². The first kappa shape index (κ1) is 22.7. The van der Waals surface area contributed by atoms with Gasteiger partial charge in [0.1, 0.15) is 0 Å². The standard InChI is InChI=1S/C9H18O2.C8H18O2/c1-3-5-6-8(4-2)7-9(10)11;1-7(2,3)9-10-8(4,5)6/h8H,3-7H2,1-2H3,(H,10,11);1-6H3. The summed E-state index contributed by atoms with van der Waals surface area (Å²) in [6, 6.07) is 0. The molecule has 0 aliphatic carbocycles. The van der Waals surface area contributed by atoms with Gasteiger partial charge in [-0.3, -0.25) is 4.79 Å². The van der Waals surface area contributed by atoms with Gasteiger partial charge in [-0.1, -0.05) is 33.1 Å². The van der Waals surface area contributed by atoms with Gasteiger partial charge >= 0.3 is 5.97 Å². The maximum atomic E-state index is 10.3. The molecule has 128 valence electrons. The Morgan fingerprint density at radius 3 is 1.67 bits per heavy atom. The number of aliphatic carboxylic acids is 1. The third kappa shape index (κ3) is 21.8. The molecule has 0 aromatic carbocycles. The first-order valence-corrected chi connectivity index (χ1v) is 8.00. The van der Waals surface area contributed by atoms with E-state index in [1.165, 1.54) is 0 Å². The summed E-state index contributed by atoms with van der Waals surface area (Å²) in [5, 5.41) is 8.51. The second kappa shape index (κ2) is 11.0. The van der Waals surface area contributed by atoms with Crippen LogP contribution in [0.4, 0.5) is 0 Å². The van der Waals surface area contributed by atoms with Gasteiger partial charge in [-0.05, 0) is 53.9 Å². The van der Waals surface area contributed by atoms with Crippen molar-refractivity contribution < 1.29 is 19.7 Å². The monoisotopic (exact) mass is 304 g/mol. The van der Waals surface area contributed by atoms with E-state index >= 15 is 0 Å². The molecule has 0 fully saturated rings. The van der Waals surface area contributed by atoms with Crippen molar-refractivity contribution in [1.82, 2.24) is 0 Å². The molecule has 0 amide bonds. The van der Waals surface area contributed by atoms with Crippen molar-refractivity contribution in [2.45, 2.75) is 98.7 Å². The van der Waals surface area contributed by atoms with Crippen LogP contribution in [0.1, 0.15) is 87.5 Å². The van der Waals surface area contributed by atoms with Crippen LogP contribution in [-0.4, -0.2) is 22.3 Å². The van der Waals surface area contributed by atoms with Gasteiger partial charge in [0, 0.05) is 6.42 Å². The van der Waals surface area contributed by atoms with Crippen LogP contribution in [0, 0.1) is 5.92 Å². The Morgan fingerprint density at radius 1 is 1.00 bits per heavy atom. The first-order valence-electron chi connectivity index (χ1n) is 8.00. The molecule has 0 aromatic heterocycles. The lowest BCUT2D eigenvalue weighted by molar-refractivity contribution is -0.393.